The van der Waals surface area contributed by atoms with Gasteiger partial charge in [0.15, 0.2) is 0 Å². The van der Waals surface area contributed by atoms with E-state index >= 15 is 0 Å². The Morgan fingerprint density at radius 1 is 1.21 bits per heavy atom. The van der Waals surface area contributed by atoms with E-state index in [1.54, 1.807) is 4.57 Å². The molecule has 0 aliphatic carbocycles. The molecule has 0 fully saturated rings. The van der Waals surface area contributed by atoms with Gasteiger partial charge in [0.1, 0.15) is 17.9 Å². The normalized spacial score (nSPS) is 10.6. The quantitative estimate of drug-likeness (QED) is 0.503. The van der Waals surface area contributed by atoms with Crippen LogP contribution in [0.15, 0.2) is 42.5 Å². The fourth-order valence-electron chi connectivity index (χ4n) is 2.80. The average molecular weight is 402 g/mol. The van der Waals surface area contributed by atoms with Gasteiger partial charge in [0.25, 0.3) is 17.5 Å². The van der Waals surface area contributed by atoms with Crippen molar-refractivity contribution < 1.29 is 14.5 Å². The van der Waals surface area contributed by atoms with Gasteiger partial charge >= 0.3 is 0 Å². The van der Waals surface area contributed by atoms with E-state index in [9.17, 15) is 19.7 Å². The average Bonchev–Trinajstić information content (AvgIpc) is 3.03. The van der Waals surface area contributed by atoms with Gasteiger partial charge in [-0.15, -0.1) is 0 Å². The first kappa shape index (κ1) is 19.3. The summed E-state index contributed by atoms with van der Waals surface area (Å²) in [7, 11) is 0. The summed E-state index contributed by atoms with van der Waals surface area (Å²) < 4.78 is 1.75. The molecular formula is C18H16ClN5O4. The minimum Gasteiger partial charge on any atom is -0.318 e. The third kappa shape index (κ3) is 3.94. The molecule has 1 heterocycles. The van der Waals surface area contributed by atoms with Crippen LogP contribution in [0.1, 0.15) is 23.1 Å². The first-order chi connectivity index (χ1) is 13.4. The lowest BCUT2D eigenvalue weighted by atomic mass is 10.2. The van der Waals surface area contributed by atoms with Crippen molar-refractivity contribution in [3.63, 3.8) is 0 Å². The number of aromatic nitrogens is 2. The number of nitrogens with zero attached hydrogens (tertiary/aromatic N) is 3. The van der Waals surface area contributed by atoms with Gasteiger partial charge in [-0.25, -0.2) is 4.98 Å². The maximum atomic E-state index is 12.3. The molecule has 2 aromatic carbocycles. The Balaban J connectivity index is 1.72. The number of hydrazine groups is 1. The Kier molecular flexibility index (Phi) is 5.55. The van der Waals surface area contributed by atoms with Crippen molar-refractivity contribution in [1.29, 1.82) is 0 Å². The lowest BCUT2D eigenvalue weighted by Gasteiger charge is -2.10. The van der Waals surface area contributed by atoms with Crippen LogP contribution in [0.5, 0.6) is 0 Å². The Labute approximate surface area is 164 Å². The number of benzene rings is 2. The summed E-state index contributed by atoms with van der Waals surface area (Å²) in [6, 6.07) is 11.1. The highest BCUT2D eigenvalue weighted by atomic mass is 35.5. The van der Waals surface area contributed by atoms with Crippen molar-refractivity contribution in [1.82, 2.24) is 20.4 Å². The fraction of sp³-hybridized carbons (Fsp3) is 0.167. The zero-order valence-corrected chi connectivity index (χ0v) is 15.6. The lowest BCUT2D eigenvalue weighted by Crippen LogP contribution is -2.43. The summed E-state index contributed by atoms with van der Waals surface area (Å²) in [5.41, 5.74) is 5.37. The number of fused-ring (bicyclic) bond motifs is 1. The van der Waals surface area contributed by atoms with E-state index in [-0.39, 0.29) is 17.1 Å². The number of carbonyl (C=O) groups is 2. The van der Waals surface area contributed by atoms with Crippen LogP contribution in [0, 0.1) is 10.1 Å². The molecule has 0 saturated carbocycles. The molecule has 144 valence electrons. The second kappa shape index (κ2) is 8.05. The van der Waals surface area contributed by atoms with Crippen LogP contribution in [0.4, 0.5) is 5.69 Å². The number of aryl methyl sites for hydroxylation is 1. The fourth-order valence-corrected chi connectivity index (χ4v) is 2.96. The van der Waals surface area contributed by atoms with Crippen LogP contribution in [0.25, 0.3) is 11.0 Å². The Morgan fingerprint density at radius 3 is 2.68 bits per heavy atom. The van der Waals surface area contributed by atoms with Crippen molar-refractivity contribution in [2.75, 3.05) is 0 Å². The number of para-hydroxylation sites is 2. The van der Waals surface area contributed by atoms with Gasteiger partial charge in [-0.1, -0.05) is 30.7 Å². The molecule has 0 saturated heterocycles. The van der Waals surface area contributed by atoms with Gasteiger partial charge in [0.2, 0.25) is 0 Å². The molecule has 0 radical (unpaired) electrons. The predicted molar refractivity (Wildman–Crippen MR) is 103 cm³/mol. The molecule has 1 aromatic heterocycles. The highest BCUT2D eigenvalue weighted by Gasteiger charge is 2.21. The molecule has 10 heteroatoms. The summed E-state index contributed by atoms with van der Waals surface area (Å²) >= 11 is 5.73. The number of nitrogens with one attached hydrogen (secondary N) is 2. The topological polar surface area (TPSA) is 119 Å². The van der Waals surface area contributed by atoms with Crippen LogP contribution in [0.3, 0.4) is 0 Å². The van der Waals surface area contributed by atoms with E-state index in [1.165, 1.54) is 12.1 Å². The minimum absolute atomic E-state index is 0.0628. The van der Waals surface area contributed by atoms with Gasteiger partial charge in [-0.2, -0.15) is 0 Å². The molecule has 0 bridgehead atoms. The molecule has 3 aromatic rings. The van der Waals surface area contributed by atoms with Crippen LogP contribution >= 0.6 is 11.6 Å². The number of nitro benzene ring substituents is 1. The molecule has 0 aliphatic rings. The third-order valence-electron chi connectivity index (χ3n) is 4.07. The molecular weight excluding hydrogens is 386 g/mol. The number of imidazole rings is 1. The monoisotopic (exact) mass is 401 g/mol. The smallest absolute Gasteiger partial charge is 0.283 e. The van der Waals surface area contributed by atoms with Crippen LogP contribution < -0.4 is 10.9 Å². The van der Waals surface area contributed by atoms with E-state index in [1.807, 2.05) is 31.2 Å². The summed E-state index contributed by atoms with van der Waals surface area (Å²) in [6.07, 6.45) is 0.630. The molecule has 2 N–H and O–H groups in total. The van der Waals surface area contributed by atoms with Crippen molar-refractivity contribution in [3.05, 3.63) is 69.0 Å². The van der Waals surface area contributed by atoms with Gasteiger partial charge in [0.05, 0.1) is 16.0 Å². The molecule has 0 aliphatic heterocycles. The molecule has 3 rings (SSSR count). The summed E-state index contributed by atoms with van der Waals surface area (Å²) in [5, 5.41) is 11.2. The standard InChI is InChI=1S/C18H16ClN5O4/c1-2-16-20-13-5-3-4-6-14(13)23(16)10-17(25)21-22-18(26)12-8-7-11(19)9-15(12)24(27)28/h3-9H,2,10H2,1H3,(H,21,25)(H,22,26). The molecule has 9 nitrogen and oxygen atoms in total. The molecule has 0 atom stereocenters. The molecule has 0 spiro atoms. The van der Waals surface area contributed by atoms with Crippen molar-refractivity contribution in [3.8, 4) is 0 Å². The number of nitro groups is 1. The second-order valence-corrected chi connectivity index (χ2v) is 6.31. The second-order valence-electron chi connectivity index (χ2n) is 5.88. The van der Waals surface area contributed by atoms with Crippen LogP contribution in [0.2, 0.25) is 5.02 Å². The number of halogens is 1. The number of amides is 2. The third-order valence-corrected chi connectivity index (χ3v) is 4.30. The van der Waals surface area contributed by atoms with Gasteiger partial charge < -0.3 is 4.57 Å². The summed E-state index contributed by atoms with van der Waals surface area (Å²) in [5.74, 6) is -0.582. The first-order valence-electron chi connectivity index (χ1n) is 8.38. The number of carbonyl (C=O) groups excluding carboxylic acids is 2. The van der Waals surface area contributed by atoms with E-state index in [2.05, 4.69) is 15.8 Å². The van der Waals surface area contributed by atoms with Crippen molar-refractivity contribution >= 4 is 40.1 Å². The number of hydrogen-bond donors (Lipinski definition) is 2. The lowest BCUT2D eigenvalue weighted by molar-refractivity contribution is -0.385. The zero-order valence-electron chi connectivity index (χ0n) is 14.8. The van der Waals surface area contributed by atoms with E-state index in [0.29, 0.717) is 6.42 Å². The first-order valence-corrected chi connectivity index (χ1v) is 8.75. The van der Waals surface area contributed by atoms with E-state index < -0.39 is 22.4 Å². The van der Waals surface area contributed by atoms with Crippen molar-refractivity contribution in [2.45, 2.75) is 19.9 Å². The van der Waals surface area contributed by atoms with Crippen molar-refractivity contribution in [2.24, 2.45) is 0 Å². The Hall–Kier alpha value is -3.46. The Morgan fingerprint density at radius 2 is 1.96 bits per heavy atom. The predicted octanol–water partition coefficient (Wildman–Crippen LogP) is 2.62. The highest BCUT2D eigenvalue weighted by molar-refractivity contribution is 6.31. The molecule has 28 heavy (non-hydrogen) atoms. The molecule has 2 amide bonds. The SMILES string of the molecule is CCc1nc2ccccc2n1CC(=O)NNC(=O)c1ccc(Cl)cc1[N+](=O)[O-]. The minimum atomic E-state index is -0.817. The van der Waals surface area contributed by atoms with Crippen LogP contribution in [-0.2, 0) is 17.8 Å². The summed E-state index contributed by atoms with van der Waals surface area (Å²) in [6.45, 7) is 1.86. The molecule has 0 unspecified atom stereocenters. The highest BCUT2D eigenvalue weighted by Crippen LogP contribution is 2.23. The Bertz CT molecular complexity index is 1080. The maximum Gasteiger partial charge on any atom is 0.283 e. The van der Waals surface area contributed by atoms with Crippen LogP contribution in [-0.4, -0.2) is 26.3 Å². The summed E-state index contributed by atoms with van der Waals surface area (Å²) in [4.78, 5) is 39.4. The van der Waals surface area contributed by atoms with E-state index in [0.717, 1.165) is 22.9 Å². The van der Waals surface area contributed by atoms with Gasteiger partial charge in [-0.05, 0) is 24.3 Å². The largest absolute Gasteiger partial charge is 0.318 e. The zero-order chi connectivity index (χ0) is 20.3. The maximum absolute atomic E-state index is 12.3. The van der Waals surface area contributed by atoms with Gasteiger partial charge in [0, 0.05) is 17.5 Å². The number of hydrogen-bond acceptors (Lipinski definition) is 5. The van der Waals surface area contributed by atoms with E-state index in [4.69, 9.17) is 11.6 Å². The number of rotatable bonds is 5. The van der Waals surface area contributed by atoms with Gasteiger partial charge in [-0.3, -0.25) is 30.6 Å².